The molecule has 0 bridgehead atoms. The largest absolute Gasteiger partial charge is 0.478 e. The number of aromatic nitrogens is 2. The zero-order valence-electron chi connectivity index (χ0n) is 11.0. The van der Waals surface area contributed by atoms with Crippen LogP contribution in [0.2, 0.25) is 0 Å². The topological polar surface area (TPSA) is 55.1 Å². The number of hydrogen-bond acceptors (Lipinski definition) is 2. The lowest BCUT2D eigenvalue weighted by atomic mass is 10.2. The SMILES string of the molecule is Cc1nc2cc(C(=O)O)ccc2n1-c1cc(F)cc(F)c1. The average Bonchev–Trinajstić information content (AvgIpc) is 2.72. The number of hydrogen-bond donors (Lipinski definition) is 1. The van der Waals surface area contributed by atoms with Crippen LogP contribution in [0.25, 0.3) is 16.7 Å². The van der Waals surface area contributed by atoms with Gasteiger partial charge >= 0.3 is 5.97 Å². The molecule has 6 heteroatoms. The van der Waals surface area contributed by atoms with Crippen molar-refractivity contribution in [2.24, 2.45) is 0 Å². The first kappa shape index (κ1) is 13.2. The van der Waals surface area contributed by atoms with Crippen LogP contribution in [0.1, 0.15) is 16.2 Å². The summed E-state index contributed by atoms with van der Waals surface area (Å²) in [5.74, 6) is -1.92. The van der Waals surface area contributed by atoms with Gasteiger partial charge in [0.25, 0.3) is 0 Å². The van der Waals surface area contributed by atoms with Crippen LogP contribution in [0, 0.1) is 18.6 Å². The van der Waals surface area contributed by atoms with E-state index in [1.54, 1.807) is 17.6 Å². The Labute approximate surface area is 118 Å². The molecule has 0 unspecified atom stereocenters. The Kier molecular flexibility index (Phi) is 2.94. The highest BCUT2D eigenvalue weighted by molar-refractivity contribution is 5.92. The van der Waals surface area contributed by atoms with Gasteiger partial charge in [0, 0.05) is 6.07 Å². The molecule has 1 heterocycles. The molecule has 0 amide bonds. The monoisotopic (exact) mass is 288 g/mol. The van der Waals surface area contributed by atoms with Crippen LogP contribution in [0.5, 0.6) is 0 Å². The number of imidazole rings is 1. The Balaban J connectivity index is 2.27. The van der Waals surface area contributed by atoms with Gasteiger partial charge < -0.3 is 5.11 Å². The number of carbonyl (C=O) groups is 1. The molecule has 0 aliphatic heterocycles. The van der Waals surface area contributed by atoms with Crippen LogP contribution in [0.15, 0.2) is 36.4 Å². The van der Waals surface area contributed by atoms with Gasteiger partial charge in [-0.25, -0.2) is 18.6 Å². The Morgan fingerprint density at radius 3 is 2.43 bits per heavy atom. The molecule has 0 aliphatic rings. The molecule has 106 valence electrons. The highest BCUT2D eigenvalue weighted by Crippen LogP contribution is 2.23. The van der Waals surface area contributed by atoms with Crippen molar-refractivity contribution in [2.45, 2.75) is 6.92 Å². The maximum Gasteiger partial charge on any atom is 0.335 e. The van der Waals surface area contributed by atoms with Gasteiger partial charge in [0.2, 0.25) is 0 Å². The van der Waals surface area contributed by atoms with E-state index in [9.17, 15) is 13.6 Å². The van der Waals surface area contributed by atoms with Gasteiger partial charge in [-0.15, -0.1) is 0 Å². The fourth-order valence-corrected chi connectivity index (χ4v) is 2.33. The van der Waals surface area contributed by atoms with E-state index in [1.165, 1.54) is 24.3 Å². The quantitative estimate of drug-likeness (QED) is 0.787. The van der Waals surface area contributed by atoms with Crippen molar-refractivity contribution in [3.63, 3.8) is 0 Å². The first-order valence-corrected chi connectivity index (χ1v) is 6.14. The predicted octanol–water partition coefficient (Wildman–Crippen LogP) is 3.31. The fraction of sp³-hybridized carbons (Fsp3) is 0.0667. The molecule has 4 nitrogen and oxygen atoms in total. The Morgan fingerprint density at radius 1 is 1.14 bits per heavy atom. The van der Waals surface area contributed by atoms with Crippen LogP contribution in [-0.2, 0) is 0 Å². The van der Waals surface area contributed by atoms with E-state index in [-0.39, 0.29) is 5.56 Å². The molecular formula is C15H10F2N2O2. The predicted molar refractivity (Wildman–Crippen MR) is 72.7 cm³/mol. The summed E-state index contributed by atoms with van der Waals surface area (Å²) in [6.07, 6.45) is 0. The van der Waals surface area contributed by atoms with E-state index in [4.69, 9.17) is 5.11 Å². The summed E-state index contributed by atoms with van der Waals surface area (Å²) in [5, 5.41) is 8.98. The molecule has 0 atom stereocenters. The molecule has 0 spiro atoms. The van der Waals surface area contributed by atoms with E-state index in [0.29, 0.717) is 22.5 Å². The number of rotatable bonds is 2. The molecule has 21 heavy (non-hydrogen) atoms. The number of aromatic carboxylic acids is 1. The molecule has 0 saturated carbocycles. The summed E-state index contributed by atoms with van der Waals surface area (Å²) >= 11 is 0. The number of fused-ring (bicyclic) bond motifs is 1. The average molecular weight is 288 g/mol. The Morgan fingerprint density at radius 2 is 1.81 bits per heavy atom. The van der Waals surface area contributed by atoms with Crippen molar-refractivity contribution in [3.8, 4) is 5.69 Å². The lowest BCUT2D eigenvalue weighted by molar-refractivity contribution is 0.0697. The number of halogens is 2. The molecule has 1 aromatic heterocycles. The van der Waals surface area contributed by atoms with E-state index < -0.39 is 17.6 Å². The maximum atomic E-state index is 13.4. The van der Waals surface area contributed by atoms with Crippen molar-refractivity contribution in [3.05, 3.63) is 59.4 Å². The van der Waals surface area contributed by atoms with Gasteiger partial charge in [-0.2, -0.15) is 0 Å². The molecule has 0 saturated heterocycles. The number of nitrogens with zero attached hydrogens (tertiary/aromatic N) is 2. The standard InChI is InChI=1S/C15H10F2N2O2/c1-8-18-13-4-9(15(20)21)2-3-14(13)19(8)12-6-10(16)5-11(17)7-12/h2-7H,1H3,(H,20,21). The second-order valence-electron chi connectivity index (χ2n) is 4.63. The Hall–Kier alpha value is -2.76. The highest BCUT2D eigenvalue weighted by Gasteiger charge is 2.13. The minimum Gasteiger partial charge on any atom is -0.478 e. The molecular weight excluding hydrogens is 278 g/mol. The van der Waals surface area contributed by atoms with Crippen molar-refractivity contribution >= 4 is 17.0 Å². The molecule has 2 aromatic carbocycles. The Bertz CT molecular complexity index is 851. The van der Waals surface area contributed by atoms with Crippen LogP contribution < -0.4 is 0 Å². The van der Waals surface area contributed by atoms with E-state index in [2.05, 4.69) is 4.98 Å². The molecule has 3 rings (SSSR count). The number of carboxylic acids is 1. The maximum absolute atomic E-state index is 13.4. The third-order valence-electron chi connectivity index (χ3n) is 3.17. The van der Waals surface area contributed by atoms with Gasteiger partial charge in [0.05, 0.1) is 22.3 Å². The normalized spacial score (nSPS) is 11.0. The molecule has 3 aromatic rings. The first-order chi connectivity index (χ1) is 9.95. The van der Waals surface area contributed by atoms with E-state index in [1.807, 2.05) is 0 Å². The number of benzene rings is 2. The summed E-state index contributed by atoms with van der Waals surface area (Å²) in [6, 6.07) is 7.61. The first-order valence-electron chi connectivity index (χ1n) is 6.14. The zero-order valence-corrected chi connectivity index (χ0v) is 11.0. The number of carboxylic acid groups (broad SMARTS) is 1. The summed E-state index contributed by atoms with van der Waals surface area (Å²) in [6.45, 7) is 1.68. The van der Waals surface area contributed by atoms with Crippen molar-refractivity contribution in [1.82, 2.24) is 9.55 Å². The summed E-state index contributed by atoms with van der Waals surface area (Å²) < 4.78 is 28.3. The molecule has 1 N–H and O–H groups in total. The second-order valence-corrected chi connectivity index (χ2v) is 4.63. The van der Waals surface area contributed by atoms with Crippen LogP contribution in [0.4, 0.5) is 8.78 Å². The third-order valence-corrected chi connectivity index (χ3v) is 3.17. The van der Waals surface area contributed by atoms with E-state index >= 15 is 0 Å². The van der Waals surface area contributed by atoms with Gasteiger partial charge in [0.15, 0.2) is 0 Å². The second kappa shape index (κ2) is 4.66. The summed E-state index contributed by atoms with van der Waals surface area (Å²) in [5.41, 5.74) is 1.45. The summed E-state index contributed by atoms with van der Waals surface area (Å²) in [4.78, 5) is 15.2. The van der Waals surface area contributed by atoms with Crippen LogP contribution in [0.3, 0.4) is 0 Å². The third kappa shape index (κ3) is 2.24. The lowest BCUT2D eigenvalue weighted by Crippen LogP contribution is -1.99. The van der Waals surface area contributed by atoms with Gasteiger partial charge in [0.1, 0.15) is 17.5 Å². The van der Waals surface area contributed by atoms with Gasteiger partial charge in [-0.3, -0.25) is 4.57 Å². The highest BCUT2D eigenvalue weighted by atomic mass is 19.1. The van der Waals surface area contributed by atoms with Crippen molar-refractivity contribution in [1.29, 1.82) is 0 Å². The lowest BCUT2D eigenvalue weighted by Gasteiger charge is -2.07. The van der Waals surface area contributed by atoms with Crippen LogP contribution >= 0.6 is 0 Å². The molecule has 0 radical (unpaired) electrons. The number of aryl methyl sites for hydroxylation is 1. The smallest absolute Gasteiger partial charge is 0.335 e. The van der Waals surface area contributed by atoms with Crippen LogP contribution in [-0.4, -0.2) is 20.6 Å². The zero-order chi connectivity index (χ0) is 15.1. The van der Waals surface area contributed by atoms with Crippen molar-refractivity contribution in [2.75, 3.05) is 0 Å². The summed E-state index contributed by atoms with van der Waals surface area (Å²) in [7, 11) is 0. The van der Waals surface area contributed by atoms with Gasteiger partial charge in [-0.05, 0) is 37.3 Å². The van der Waals surface area contributed by atoms with Crippen molar-refractivity contribution < 1.29 is 18.7 Å². The minimum atomic E-state index is -1.05. The van der Waals surface area contributed by atoms with E-state index in [0.717, 1.165) is 6.07 Å². The molecule has 0 fully saturated rings. The fourth-order valence-electron chi connectivity index (χ4n) is 2.33. The molecule has 0 aliphatic carbocycles. The minimum absolute atomic E-state index is 0.109. The van der Waals surface area contributed by atoms with Gasteiger partial charge in [-0.1, -0.05) is 0 Å².